The molecule has 2 rings (SSSR count). The highest BCUT2D eigenvalue weighted by molar-refractivity contribution is 7.13. The Balaban J connectivity index is 1.76. The first-order chi connectivity index (χ1) is 6.45. The Labute approximate surface area is 84.5 Å². The Morgan fingerprint density at radius 1 is 1.46 bits per heavy atom. The van der Waals surface area contributed by atoms with Crippen LogP contribution in [0.2, 0.25) is 0 Å². The molecule has 0 atom stereocenters. The highest BCUT2D eigenvalue weighted by Crippen LogP contribution is 2.09. The van der Waals surface area contributed by atoms with Crippen LogP contribution >= 0.6 is 22.7 Å². The van der Waals surface area contributed by atoms with Crippen LogP contribution in [0.3, 0.4) is 0 Å². The highest BCUT2D eigenvalue weighted by atomic mass is 32.1. The van der Waals surface area contributed by atoms with Gasteiger partial charge in [-0.25, -0.2) is 0 Å². The van der Waals surface area contributed by atoms with Gasteiger partial charge < -0.3 is 5.32 Å². The zero-order chi connectivity index (χ0) is 8.93. The van der Waals surface area contributed by atoms with E-state index in [1.54, 1.807) is 16.8 Å². The lowest BCUT2D eigenvalue weighted by atomic mass is 10.2. The van der Waals surface area contributed by atoms with Gasteiger partial charge in [0.1, 0.15) is 5.51 Å². The van der Waals surface area contributed by atoms with E-state index in [1.807, 2.05) is 0 Å². The van der Waals surface area contributed by atoms with Crippen LogP contribution in [-0.4, -0.2) is 16.7 Å². The molecule has 0 aliphatic rings. The maximum Gasteiger partial charge on any atom is 0.205 e. The zero-order valence-electron chi connectivity index (χ0n) is 6.93. The number of hydrogen-bond acceptors (Lipinski definition) is 5. The summed E-state index contributed by atoms with van der Waals surface area (Å²) in [6.45, 7) is 0.923. The molecule has 0 saturated carbocycles. The molecule has 1 N–H and O–H groups in total. The van der Waals surface area contributed by atoms with Gasteiger partial charge in [-0.05, 0) is 28.8 Å². The number of anilines is 1. The van der Waals surface area contributed by atoms with Crippen LogP contribution in [0.25, 0.3) is 0 Å². The molecule has 3 nitrogen and oxygen atoms in total. The summed E-state index contributed by atoms with van der Waals surface area (Å²) >= 11 is 3.26. The number of hydrogen-bond donors (Lipinski definition) is 1. The second-order valence-electron chi connectivity index (χ2n) is 2.55. The second kappa shape index (κ2) is 4.34. The Morgan fingerprint density at radius 3 is 3.15 bits per heavy atom. The van der Waals surface area contributed by atoms with E-state index in [4.69, 9.17) is 0 Å². The Morgan fingerprint density at radius 2 is 2.46 bits per heavy atom. The van der Waals surface area contributed by atoms with Crippen molar-refractivity contribution in [2.75, 3.05) is 11.9 Å². The normalized spacial score (nSPS) is 10.2. The number of thiophene rings is 1. The van der Waals surface area contributed by atoms with E-state index in [0.717, 1.165) is 18.1 Å². The van der Waals surface area contributed by atoms with Gasteiger partial charge in [-0.3, -0.25) is 0 Å². The minimum atomic E-state index is 0.898. The third-order valence-corrected chi connectivity index (χ3v) is 3.01. The number of nitrogens with zero attached hydrogens (tertiary/aromatic N) is 2. The summed E-state index contributed by atoms with van der Waals surface area (Å²) in [5.41, 5.74) is 3.11. The maximum atomic E-state index is 3.90. The van der Waals surface area contributed by atoms with Gasteiger partial charge in [0.15, 0.2) is 0 Å². The SMILES string of the molecule is c1cc(CCNc2nncs2)cs1. The minimum absolute atomic E-state index is 0.898. The van der Waals surface area contributed by atoms with Crippen molar-refractivity contribution >= 4 is 27.8 Å². The highest BCUT2D eigenvalue weighted by Gasteiger charge is 1.95. The second-order valence-corrected chi connectivity index (χ2v) is 4.17. The Kier molecular flexibility index (Phi) is 2.89. The Bertz CT molecular complexity index is 294. The third kappa shape index (κ3) is 2.50. The predicted molar refractivity (Wildman–Crippen MR) is 56.4 cm³/mol. The van der Waals surface area contributed by atoms with E-state index < -0.39 is 0 Å². The van der Waals surface area contributed by atoms with Crippen LogP contribution in [0, 0.1) is 0 Å². The molecule has 2 aromatic heterocycles. The molecule has 0 saturated heterocycles. The van der Waals surface area contributed by atoms with Crippen LogP contribution in [0.15, 0.2) is 22.3 Å². The lowest BCUT2D eigenvalue weighted by Crippen LogP contribution is -2.03. The topological polar surface area (TPSA) is 37.8 Å². The van der Waals surface area contributed by atoms with Gasteiger partial charge >= 0.3 is 0 Å². The quantitative estimate of drug-likeness (QED) is 0.843. The molecule has 0 amide bonds. The van der Waals surface area contributed by atoms with Gasteiger partial charge in [-0.1, -0.05) is 11.3 Å². The molecular weight excluding hydrogens is 202 g/mol. The van der Waals surface area contributed by atoms with Gasteiger partial charge in [0.05, 0.1) is 0 Å². The molecule has 13 heavy (non-hydrogen) atoms. The average molecular weight is 211 g/mol. The summed E-state index contributed by atoms with van der Waals surface area (Å²) in [6, 6.07) is 2.15. The van der Waals surface area contributed by atoms with Gasteiger partial charge in [0, 0.05) is 6.54 Å². The zero-order valence-corrected chi connectivity index (χ0v) is 8.57. The number of aromatic nitrogens is 2. The molecule has 0 bridgehead atoms. The fraction of sp³-hybridized carbons (Fsp3) is 0.250. The molecule has 0 unspecified atom stereocenters. The monoisotopic (exact) mass is 211 g/mol. The first kappa shape index (κ1) is 8.65. The predicted octanol–water partition coefficient (Wildman–Crippen LogP) is 2.25. The van der Waals surface area contributed by atoms with Crippen LogP contribution in [0.5, 0.6) is 0 Å². The molecule has 0 aliphatic heterocycles. The van der Waals surface area contributed by atoms with Crippen molar-refractivity contribution < 1.29 is 0 Å². The van der Waals surface area contributed by atoms with Crippen molar-refractivity contribution in [1.82, 2.24) is 10.2 Å². The summed E-state index contributed by atoms with van der Waals surface area (Å²) in [6.07, 6.45) is 1.04. The van der Waals surface area contributed by atoms with Gasteiger partial charge in [-0.2, -0.15) is 11.3 Å². The van der Waals surface area contributed by atoms with Crippen LogP contribution in [-0.2, 0) is 6.42 Å². The Hall–Kier alpha value is -0.940. The fourth-order valence-corrected chi connectivity index (χ4v) is 2.18. The first-order valence-electron chi connectivity index (χ1n) is 3.96. The third-order valence-electron chi connectivity index (χ3n) is 1.63. The summed E-state index contributed by atoms with van der Waals surface area (Å²) in [7, 11) is 0. The van der Waals surface area contributed by atoms with Crippen molar-refractivity contribution in [2.24, 2.45) is 0 Å². The van der Waals surface area contributed by atoms with Crippen LogP contribution < -0.4 is 5.32 Å². The number of rotatable bonds is 4. The van der Waals surface area contributed by atoms with Crippen LogP contribution in [0.4, 0.5) is 5.13 Å². The molecule has 2 aromatic rings. The van der Waals surface area contributed by atoms with Gasteiger partial charge in [0.2, 0.25) is 5.13 Å². The van der Waals surface area contributed by atoms with Crippen molar-refractivity contribution in [3.05, 3.63) is 27.9 Å². The standard InChI is InChI=1S/C8H9N3S2/c1(7-2-4-12-5-7)3-9-8-11-10-6-13-8/h2,4-6H,1,3H2,(H,9,11). The summed E-state index contributed by atoms with van der Waals surface area (Å²) in [5.74, 6) is 0. The minimum Gasteiger partial charge on any atom is -0.360 e. The summed E-state index contributed by atoms with van der Waals surface area (Å²) in [4.78, 5) is 0. The fourth-order valence-electron chi connectivity index (χ4n) is 0.999. The molecule has 0 aromatic carbocycles. The van der Waals surface area contributed by atoms with E-state index in [1.165, 1.54) is 16.9 Å². The lowest BCUT2D eigenvalue weighted by Gasteiger charge is -1.98. The largest absolute Gasteiger partial charge is 0.360 e. The van der Waals surface area contributed by atoms with Crippen LogP contribution in [0.1, 0.15) is 5.56 Å². The van der Waals surface area contributed by atoms with E-state index >= 15 is 0 Å². The van der Waals surface area contributed by atoms with E-state index in [-0.39, 0.29) is 0 Å². The number of nitrogens with one attached hydrogen (secondary N) is 1. The van der Waals surface area contributed by atoms with Crippen molar-refractivity contribution in [3.63, 3.8) is 0 Å². The maximum absolute atomic E-state index is 3.90. The van der Waals surface area contributed by atoms with Gasteiger partial charge in [0.25, 0.3) is 0 Å². The molecule has 0 fully saturated rings. The smallest absolute Gasteiger partial charge is 0.205 e. The molecular formula is C8H9N3S2. The average Bonchev–Trinajstić information content (AvgIpc) is 2.75. The van der Waals surface area contributed by atoms with E-state index in [0.29, 0.717) is 0 Å². The van der Waals surface area contributed by atoms with Crippen molar-refractivity contribution in [3.8, 4) is 0 Å². The summed E-state index contributed by atoms with van der Waals surface area (Å²) in [5, 5.41) is 16.0. The lowest BCUT2D eigenvalue weighted by molar-refractivity contribution is 0.999. The molecule has 68 valence electrons. The molecule has 0 spiro atoms. The molecule has 5 heteroatoms. The van der Waals surface area contributed by atoms with E-state index in [2.05, 4.69) is 32.3 Å². The molecule has 2 heterocycles. The van der Waals surface area contributed by atoms with Gasteiger partial charge in [-0.15, -0.1) is 10.2 Å². The summed E-state index contributed by atoms with van der Waals surface area (Å²) < 4.78 is 0. The van der Waals surface area contributed by atoms with E-state index in [9.17, 15) is 0 Å². The van der Waals surface area contributed by atoms with Crippen molar-refractivity contribution in [1.29, 1.82) is 0 Å². The molecule has 0 radical (unpaired) electrons. The molecule has 0 aliphatic carbocycles. The van der Waals surface area contributed by atoms with Crippen molar-refractivity contribution in [2.45, 2.75) is 6.42 Å². The first-order valence-corrected chi connectivity index (χ1v) is 5.78.